The lowest BCUT2D eigenvalue weighted by atomic mass is 10.1. The number of hydrogen-bond donors (Lipinski definition) is 0. The molecule has 1 aromatic carbocycles. The van der Waals surface area contributed by atoms with Gasteiger partial charge in [0.05, 0.1) is 10.7 Å². The fraction of sp³-hybridized carbons (Fsp3) is 0. The number of nitrogens with zero attached hydrogens (tertiary/aromatic N) is 1. The molecule has 0 bridgehead atoms. The first-order valence-corrected chi connectivity index (χ1v) is 5.63. The molecule has 3 heteroatoms. The summed E-state index contributed by atoms with van der Waals surface area (Å²) in [6, 6.07) is 11.8. The highest BCUT2D eigenvalue weighted by Gasteiger charge is 2.03. The number of benzene rings is 1. The molecule has 0 aliphatic rings. The van der Waals surface area contributed by atoms with E-state index >= 15 is 0 Å². The minimum Gasteiger partial charge on any atom is -0.258 e. The minimum absolute atomic E-state index is 0.647. The van der Waals surface area contributed by atoms with E-state index in [4.69, 9.17) is 11.6 Å². The quantitative estimate of drug-likeness (QED) is 0.807. The maximum atomic E-state index is 6.06. The third kappa shape index (κ3) is 2.80. The Morgan fingerprint density at radius 3 is 2.60 bits per heavy atom. The van der Waals surface area contributed by atoms with Crippen LogP contribution in [0.1, 0.15) is 11.3 Å². The lowest BCUT2D eigenvalue weighted by Crippen LogP contribution is -1.90. The van der Waals surface area contributed by atoms with Crippen LogP contribution in [0, 0.1) is 6.42 Å². The molecule has 0 spiro atoms. The Bertz CT molecular complexity index is 456. The fourth-order valence-electron chi connectivity index (χ4n) is 1.24. The summed E-state index contributed by atoms with van der Waals surface area (Å²) in [6.07, 6.45) is 3.69. The normalized spacial score (nSPS) is 10.3. The smallest absolute Gasteiger partial charge is 0.0675 e. The molecular formula is C12H8BrClN. The van der Waals surface area contributed by atoms with Crippen molar-refractivity contribution in [2.24, 2.45) is 0 Å². The molecule has 2 rings (SSSR count). The van der Waals surface area contributed by atoms with Gasteiger partial charge in [-0.2, -0.15) is 0 Å². The van der Waals surface area contributed by atoms with Crippen LogP contribution in [-0.2, 0) is 0 Å². The topological polar surface area (TPSA) is 12.9 Å². The lowest BCUT2D eigenvalue weighted by molar-refractivity contribution is 1.20. The van der Waals surface area contributed by atoms with E-state index < -0.39 is 0 Å². The molecule has 0 unspecified atom stereocenters. The molecule has 0 N–H and O–H groups in total. The van der Waals surface area contributed by atoms with E-state index in [9.17, 15) is 0 Å². The average molecular weight is 282 g/mol. The summed E-state index contributed by atoms with van der Waals surface area (Å²) < 4.78 is 0.887. The number of hydrogen-bond acceptors (Lipinski definition) is 1. The van der Waals surface area contributed by atoms with Crippen molar-refractivity contribution in [3.63, 3.8) is 0 Å². The van der Waals surface area contributed by atoms with Gasteiger partial charge in [0.25, 0.3) is 0 Å². The van der Waals surface area contributed by atoms with Gasteiger partial charge in [0.1, 0.15) is 0 Å². The summed E-state index contributed by atoms with van der Waals surface area (Å²) >= 11 is 9.38. The van der Waals surface area contributed by atoms with Crippen LogP contribution in [0.4, 0.5) is 0 Å². The van der Waals surface area contributed by atoms with Crippen molar-refractivity contribution in [1.82, 2.24) is 4.98 Å². The molecule has 1 heterocycles. The lowest BCUT2D eigenvalue weighted by Gasteiger charge is -2.03. The van der Waals surface area contributed by atoms with Crippen molar-refractivity contribution < 1.29 is 0 Å². The van der Waals surface area contributed by atoms with Gasteiger partial charge in [-0.3, -0.25) is 4.98 Å². The SMILES string of the molecule is Clc1cc(Br)cnc1[CH]c1ccccc1. The zero-order valence-corrected chi connectivity index (χ0v) is 10.2. The summed E-state index contributed by atoms with van der Waals surface area (Å²) in [5.41, 5.74) is 1.88. The van der Waals surface area contributed by atoms with Crippen LogP contribution in [0.25, 0.3) is 0 Å². The van der Waals surface area contributed by atoms with Crippen LogP contribution >= 0.6 is 27.5 Å². The van der Waals surface area contributed by atoms with Crippen LogP contribution in [-0.4, -0.2) is 4.98 Å². The largest absolute Gasteiger partial charge is 0.258 e. The molecule has 75 valence electrons. The van der Waals surface area contributed by atoms with E-state index in [2.05, 4.69) is 20.9 Å². The summed E-state index contributed by atoms with van der Waals surface area (Å²) in [5, 5.41) is 0.647. The van der Waals surface area contributed by atoms with Gasteiger partial charge in [0, 0.05) is 17.1 Å². The summed E-state index contributed by atoms with van der Waals surface area (Å²) in [6.45, 7) is 0. The van der Waals surface area contributed by atoms with Crippen molar-refractivity contribution in [2.75, 3.05) is 0 Å². The summed E-state index contributed by atoms with van der Waals surface area (Å²) in [5.74, 6) is 0. The Kier molecular flexibility index (Phi) is 3.39. The molecule has 0 aliphatic heterocycles. The Morgan fingerprint density at radius 2 is 1.93 bits per heavy atom. The van der Waals surface area contributed by atoms with Gasteiger partial charge >= 0.3 is 0 Å². The third-order valence-electron chi connectivity index (χ3n) is 1.94. The van der Waals surface area contributed by atoms with E-state index in [0.29, 0.717) is 5.02 Å². The van der Waals surface area contributed by atoms with E-state index in [-0.39, 0.29) is 0 Å². The van der Waals surface area contributed by atoms with E-state index in [0.717, 1.165) is 15.7 Å². The summed E-state index contributed by atoms with van der Waals surface area (Å²) in [7, 11) is 0. The predicted octanol–water partition coefficient (Wildman–Crippen LogP) is 4.10. The highest BCUT2D eigenvalue weighted by atomic mass is 79.9. The van der Waals surface area contributed by atoms with Crippen molar-refractivity contribution in [2.45, 2.75) is 0 Å². The van der Waals surface area contributed by atoms with Gasteiger partial charge < -0.3 is 0 Å². The molecule has 1 nitrogen and oxygen atoms in total. The molecule has 15 heavy (non-hydrogen) atoms. The van der Waals surface area contributed by atoms with Crippen molar-refractivity contribution >= 4 is 27.5 Å². The first-order chi connectivity index (χ1) is 7.25. The second kappa shape index (κ2) is 4.77. The van der Waals surface area contributed by atoms with Crippen LogP contribution in [0.15, 0.2) is 47.1 Å². The maximum Gasteiger partial charge on any atom is 0.0675 e. The molecule has 0 fully saturated rings. The molecule has 2 aromatic rings. The van der Waals surface area contributed by atoms with E-state index in [1.165, 1.54) is 0 Å². The highest BCUT2D eigenvalue weighted by Crippen LogP contribution is 2.22. The molecule has 1 aromatic heterocycles. The standard InChI is InChI=1S/C12H8BrClN/c13-10-7-11(14)12(15-8-10)6-9-4-2-1-3-5-9/h1-8H. The maximum absolute atomic E-state index is 6.06. The Morgan fingerprint density at radius 1 is 1.20 bits per heavy atom. The van der Waals surface area contributed by atoms with Gasteiger partial charge in [0.2, 0.25) is 0 Å². The highest BCUT2D eigenvalue weighted by molar-refractivity contribution is 9.10. The molecule has 0 amide bonds. The molecule has 0 aliphatic carbocycles. The van der Waals surface area contributed by atoms with Gasteiger partial charge in [-0.05, 0) is 27.6 Å². The van der Waals surface area contributed by atoms with E-state index in [1.54, 1.807) is 6.20 Å². The van der Waals surface area contributed by atoms with Gasteiger partial charge in [-0.15, -0.1) is 0 Å². The number of aromatic nitrogens is 1. The van der Waals surface area contributed by atoms with Gasteiger partial charge in [-0.1, -0.05) is 41.9 Å². The Labute approximate surface area is 102 Å². The van der Waals surface area contributed by atoms with Crippen LogP contribution in [0.5, 0.6) is 0 Å². The second-order valence-electron chi connectivity index (χ2n) is 3.08. The van der Waals surface area contributed by atoms with Crippen LogP contribution in [0.3, 0.4) is 0 Å². The van der Waals surface area contributed by atoms with Crippen molar-refractivity contribution in [3.05, 3.63) is 69.8 Å². The molecule has 0 atom stereocenters. The molecule has 0 saturated heterocycles. The molecule has 0 saturated carbocycles. The van der Waals surface area contributed by atoms with E-state index in [1.807, 2.05) is 42.8 Å². The first-order valence-electron chi connectivity index (χ1n) is 4.46. The summed E-state index contributed by atoms with van der Waals surface area (Å²) in [4.78, 5) is 4.24. The Hall–Kier alpha value is -0.860. The van der Waals surface area contributed by atoms with Gasteiger partial charge in [-0.25, -0.2) is 0 Å². The number of rotatable bonds is 2. The average Bonchev–Trinajstić information content (AvgIpc) is 2.24. The zero-order valence-electron chi connectivity index (χ0n) is 7.82. The zero-order chi connectivity index (χ0) is 10.7. The Balaban J connectivity index is 2.25. The van der Waals surface area contributed by atoms with Crippen LogP contribution in [0.2, 0.25) is 5.02 Å². The second-order valence-corrected chi connectivity index (χ2v) is 4.40. The fourth-order valence-corrected chi connectivity index (χ4v) is 1.92. The van der Waals surface area contributed by atoms with Crippen molar-refractivity contribution in [3.8, 4) is 0 Å². The monoisotopic (exact) mass is 280 g/mol. The number of halogens is 2. The molecular weight excluding hydrogens is 273 g/mol. The van der Waals surface area contributed by atoms with Crippen molar-refractivity contribution in [1.29, 1.82) is 0 Å². The van der Waals surface area contributed by atoms with Gasteiger partial charge in [0.15, 0.2) is 0 Å². The third-order valence-corrected chi connectivity index (χ3v) is 2.68. The number of pyridine rings is 1. The minimum atomic E-state index is 0.647. The van der Waals surface area contributed by atoms with Crippen LogP contribution < -0.4 is 0 Å². The first kappa shape index (κ1) is 10.7. The predicted molar refractivity (Wildman–Crippen MR) is 65.9 cm³/mol. The molecule has 1 radical (unpaired) electrons.